The van der Waals surface area contributed by atoms with E-state index in [1.807, 2.05) is 6.20 Å². The number of rotatable bonds is 2. The van der Waals surface area contributed by atoms with E-state index in [-0.39, 0.29) is 0 Å². The van der Waals surface area contributed by atoms with Gasteiger partial charge in [-0.25, -0.2) is 0 Å². The molecule has 3 rings (SSSR count). The van der Waals surface area contributed by atoms with Gasteiger partial charge in [0, 0.05) is 45.0 Å². The smallest absolute Gasteiger partial charge is 0.0491 e. The lowest BCUT2D eigenvalue weighted by atomic mass is 10.2. The number of fused-ring (bicyclic) bond motifs is 1. The minimum atomic E-state index is 0.831. The zero-order valence-electron chi connectivity index (χ0n) is 9.48. The van der Waals surface area contributed by atoms with Gasteiger partial charge >= 0.3 is 0 Å². The molecule has 2 heterocycles. The van der Waals surface area contributed by atoms with E-state index in [1.165, 1.54) is 16.5 Å². The highest BCUT2D eigenvalue weighted by atomic mass is 79.9. The first-order chi connectivity index (χ1) is 8.72. The molecule has 2 aromatic heterocycles. The average molecular weight is 366 g/mol. The summed E-state index contributed by atoms with van der Waals surface area (Å²) in [5, 5.41) is 1.24. The van der Waals surface area contributed by atoms with E-state index in [1.54, 1.807) is 6.20 Å². The fourth-order valence-electron chi connectivity index (χ4n) is 2.05. The Balaban J connectivity index is 2.00. The van der Waals surface area contributed by atoms with Gasteiger partial charge in [-0.05, 0) is 51.8 Å². The van der Waals surface area contributed by atoms with Crippen molar-refractivity contribution in [3.05, 3.63) is 63.4 Å². The normalized spacial score (nSPS) is 11.0. The van der Waals surface area contributed by atoms with Crippen LogP contribution in [0.25, 0.3) is 10.9 Å². The standard InChI is InChI=1S/C14H10Br2N2/c15-12-1-2-14-11(6-12)3-4-18(14)9-10-5-13(16)8-17-7-10/h1-8H,9H2. The molecule has 0 atom stereocenters. The highest BCUT2D eigenvalue weighted by molar-refractivity contribution is 9.10. The highest BCUT2D eigenvalue weighted by Crippen LogP contribution is 2.22. The van der Waals surface area contributed by atoms with Crippen LogP contribution < -0.4 is 0 Å². The number of hydrogen-bond acceptors (Lipinski definition) is 1. The third-order valence-electron chi connectivity index (χ3n) is 2.85. The Morgan fingerprint density at radius 3 is 2.72 bits per heavy atom. The molecule has 0 aliphatic carbocycles. The lowest BCUT2D eigenvalue weighted by Gasteiger charge is -2.06. The van der Waals surface area contributed by atoms with Crippen LogP contribution in [0.4, 0.5) is 0 Å². The first-order valence-electron chi connectivity index (χ1n) is 5.56. The van der Waals surface area contributed by atoms with Crippen molar-refractivity contribution in [1.29, 1.82) is 0 Å². The summed E-state index contributed by atoms with van der Waals surface area (Å²) in [5.41, 5.74) is 2.42. The minimum Gasteiger partial charge on any atom is -0.343 e. The van der Waals surface area contributed by atoms with Crippen LogP contribution in [0.1, 0.15) is 5.56 Å². The predicted molar refractivity (Wildman–Crippen MR) is 80.7 cm³/mol. The van der Waals surface area contributed by atoms with Gasteiger partial charge in [-0.1, -0.05) is 15.9 Å². The molecule has 3 aromatic rings. The van der Waals surface area contributed by atoms with Crippen LogP contribution >= 0.6 is 31.9 Å². The molecule has 0 N–H and O–H groups in total. The summed E-state index contributed by atoms with van der Waals surface area (Å²) in [6, 6.07) is 10.6. The molecule has 0 unspecified atom stereocenters. The zero-order valence-corrected chi connectivity index (χ0v) is 12.6. The molecule has 4 heteroatoms. The summed E-state index contributed by atoms with van der Waals surface area (Å²) in [6.45, 7) is 0.831. The average Bonchev–Trinajstić information content (AvgIpc) is 2.72. The van der Waals surface area contributed by atoms with Crippen molar-refractivity contribution in [3.8, 4) is 0 Å². The number of pyridine rings is 1. The van der Waals surface area contributed by atoms with Gasteiger partial charge in [0.25, 0.3) is 0 Å². The lowest BCUT2D eigenvalue weighted by Crippen LogP contribution is -1.98. The Bertz CT molecular complexity index is 704. The first-order valence-corrected chi connectivity index (χ1v) is 7.15. The van der Waals surface area contributed by atoms with Crippen LogP contribution in [0.15, 0.2) is 57.9 Å². The summed E-state index contributed by atoms with van der Waals surface area (Å²) >= 11 is 6.94. The van der Waals surface area contributed by atoms with Gasteiger partial charge < -0.3 is 4.57 Å². The number of halogens is 2. The van der Waals surface area contributed by atoms with Gasteiger partial charge in [0.05, 0.1) is 0 Å². The Morgan fingerprint density at radius 1 is 1.00 bits per heavy atom. The first kappa shape index (κ1) is 11.9. The summed E-state index contributed by atoms with van der Waals surface area (Å²) in [7, 11) is 0. The SMILES string of the molecule is Brc1cncc(Cn2ccc3cc(Br)ccc32)c1. The van der Waals surface area contributed by atoms with Gasteiger partial charge in [0.1, 0.15) is 0 Å². The molecule has 0 radical (unpaired) electrons. The predicted octanol–water partition coefficient (Wildman–Crippen LogP) is 4.61. The second-order valence-corrected chi connectivity index (χ2v) is 5.99. The maximum Gasteiger partial charge on any atom is 0.0491 e. The second kappa shape index (κ2) is 4.86. The fourth-order valence-corrected chi connectivity index (χ4v) is 2.84. The number of benzene rings is 1. The van der Waals surface area contributed by atoms with Crippen molar-refractivity contribution in [2.24, 2.45) is 0 Å². The maximum absolute atomic E-state index is 4.19. The van der Waals surface area contributed by atoms with Crippen LogP contribution in [0, 0.1) is 0 Å². The molecule has 2 nitrogen and oxygen atoms in total. The molecule has 90 valence electrons. The molecule has 0 spiro atoms. The van der Waals surface area contributed by atoms with Gasteiger partial charge in [0.2, 0.25) is 0 Å². The van der Waals surface area contributed by atoms with Crippen molar-refractivity contribution in [2.75, 3.05) is 0 Å². The van der Waals surface area contributed by atoms with Crippen LogP contribution in [-0.4, -0.2) is 9.55 Å². The molecule has 0 aliphatic heterocycles. The van der Waals surface area contributed by atoms with Crippen molar-refractivity contribution in [2.45, 2.75) is 6.54 Å². The molecule has 0 saturated carbocycles. The highest BCUT2D eigenvalue weighted by Gasteiger charge is 2.03. The molecular formula is C14H10Br2N2. The number of nitrogens with zero attached hydrogens (tertiary/aromatic N) is 2. The second-order valence-electron chi connectivity index (χ2n) is 4.16. The van der Waals surface area contributed by atoms with Crippen molar-refractivity contribution >= 4 is 42.8 Å². The zero-order chi connectivity index (χ0) is 12.5. The number of hydrogen-bond donors (Lipinski definition) is 0. The molecule has 18 heavy (non-hydrogen) atoms. The summed E-state index contributed by atoms with van der Waals surface area (Å²) in [4.78, 5) is 4.19. The van der Waals surface area contributed by atoms with E-state index in [0.29, 0.717) is 0 Å². The lowest BCUT2D eigenvalue weighted by molar-refractivity contribution is 0.830. The molecule has 0 amide bonds. The van der Waals surface area contributed by atoms with E-state index in [2.05, 4.69) is 77.9 Å². The van der Waals surface area contributed by atoms with Crippen molar-refractivity contribution in [1.82, 2.24) is 9.55 Å². The molecule has 0 fully saturated rings. The van der Waals surface area contributed by atoms with E-state index >= 15 is 0 Å². The number of aromatic nitrogens is 2. The van der Waals surface area contributed by atoms with Gasteiger partial charge in [-0.3, -0.25) is 4.98 Å². The quantitative estimate of drug-likeness (QED) is 0.648. The largest absolute Gasteiger partial charge is 0.343 e. The van der Waals surface area contributed by atoms with Crippen molar-refractivity contribution < 1.29 is 0 Å². The molecule has 0 bridgehead atoms. The van der Waals surface area contributed by atoms with Gasteiger partial charge in [-0.2, -0.15) is 0 Å². The maximum atomic E-state index is 4.19. The third kappa shape index (κ3) is 2.35. The summed E-state index contributed by atoms with van der Waals surface area (Å²) in [5.74, 6) is 0. The minimum absolute atomic E-state index is 0.831. The van der Waals surface area contributed by atoms with Gasteiger partial charge in [-0.15, -0.1) is 0 Å². The Kier molecular flexibility index (Phi) is 3.22. The summed E-state index contributed by atoms with van der Waals surface area (Å²) in [6.07, 6.45) is 5.81. The monoisotopic (exact) mass is 364 g/mol. The van der Waals surface area contributed by atoms with Crippen LogP contribution in [0.5, 0.6) is 0 Å². The topological polar surface area (TPSA) is 17.8 Å². The molecule has 0 aliphatic rings. The summed E-state index contributed by atoms with van der Waals surface area (Å²) < 4.78 is 4.35. The van der Waals surface area contributed by atoms with Crippen LogP contribution in [-0.2, 0) is 6.54 Å². The van der Waals surface area contributed by atoms with Crippen LogP contribution in [0.2, 0.25) is 0 Å². The van der Waals surface area contributed by atoms with E-state index in [4.69, 9.17) is 0 Å². The van der Waals surface area contributed by atoms with Crippen LogP contribution in [0.3, 0.4) is 0 Å². The molecule has 1 aromatic carbocycles. The van der Waals surface area contributed by atoms with Crippen molar-refractivity contribution in [3.63, 3.8) is 0 Å². The Morgan fingerprint density at radius 2 is 1.89 bits per heavy atom. The Hall–Kier alpha value is -1.13. The van der Waals surface area contributed by atoms with E-state index in [9.17, 15) is 0 Å². The van der Waals surface area contributed by atoms with E-state index < -0.39 is 0 Å². The van der Waals surface area contributed by atoms with Gasteiger partial charge in [0.15, 0.2) is 0 Å². The van der Waals surface area contributed by atoms with E-state index in [0.717, 1.165) is 15.5 Å². The molecule has 0 saturated heterocycles. The third-order valence-corrected chi connectivity index (χ3v) is 3.77. The molecular weight excluding hydrogens is 356 g/mol. The fraction of sp³-hybridized carbons (Fsp3) is 0.0714. The Labute approximate surface area is 122 Å².